The third-order valence-corrected chi connectivity index (χ3v) is 9.48. The SMILES string of the molecule is O=S1(=O)CCC(Nc2cccc3c2cc(C#CCNc2ccc(S(=O)(=O)C(F)(F)F)cc2)n3CC(F)(F)F)CC1. The Bertz CT molecular complexity index is 1650. The van der Waals surface area contributed by atoms with Gasteiger partial charge in [0.1, 0.15) is 16.4 Å². The lowest BCUT2D eigenvalue weighted by Gasteiger charge is -2.24. The van der Waals surface area contributed by atoms with Crippen molar-refractivity contribution in [2.45, 2.75) is 42.0 Å². The number of alkyl halides is 6. The van der Waals surface area contributed by atoms with Gasteiger partial charge in [-0.1, -0.05) is 12.0 Å². The molecule has 0 amide bonds. The van der Waals surface area contributed by atoms with Crippen LogP contribution in [0.3, 0.4) is 0 Å². The second-order valence-electron chi connectivity index (χ2n) is 9.17. The Morgan fingerprint density at radius 1 is 0.975 bits per heavy atom. The van der Waals surface area contributed by atoms with Gasteiger partial charge < -0.3 is 15.2 Å². The molecule has 0 unspecified atom stereocenters. The molecule has 0 aliphatic carbocycles. The van der Waals surface area contributed by atoms with E-state index in [9.17, 15) is 43.2 Å². The fraction of sp³-hybridized carbons (Fsp3) is 0.360. The number of fused-ring (bicyclic) bond motifs is 1. The molecule has 1 aromatic heterocycles. The lowest BCUT2D eigenvalue weighted by molar-refractivity contribution is -0.140. The number of nitrogens with zero attached hydrogens (tertiary/aromatic N) is 1. The molecule has 0 radical (unpaired) electrons. The number of nitrogens with one attached hydrogen (secondary N) is 2. The van der Waals surface area contributed by atoms with Gasteiger partial charge in [0.05, 0.1) is 34.2 Å². The molecule has 0 bridgehead atoms. The van der Waals surface area contributed by atoms with Crippen LogP contribution in [0.4, 0.5) is 37.7 Å². The Morgan fingerprint density at radius 3 is 2.23 bits per heavy atom. The van der Waals surface area contributed by atoms with E-state index in [0.717, 1.165) is 28.8 Å². The quantitative estimate of drug-likeness (QED) is 0.304. The van der Waals surface area contributed by atoms with Crippen molar-refractivity contribution in [1.82, 2.24) is 4.57 Å². The topological polar surface area (TPSA) is 97.3 Å². The van der Waals surface area contributed by atoms with Crippen LogP contribution < -0.4 is 10.6 Å². The Balaban J connectivity index is 1.54. The lowest BCUT2D eigenvalue weighted by Crippen LogP contribution is -2.32. The summed E-state index contributed by atoms with van der Waals surface area (Å²) in [4.78, 5) is -0.924. The Kier molecular flexibility index (Phi) is 8.06. The summed E-state index contributed by atoms with van der Waals surface area (Å²) in [6, 6.07) is 9.99. The minimum Gasteiger partial charge on any atom is -0.382 e. The van der Waals surface area contributed by atoms with E-state index >= 15 is 0 Å². The van der Waals surface area contributed by atoms with E-state index < -0.39 is 42.8 Å². The van der Waals surface area contributed by atoms with Crippen LogP contribution in [0.2, 0.25) is 0 Å². The molecule has 1 saturated heterocycles. The van der Waals surface area contributed by atoms with Gasteiger partial charge in [-0.3, -0.25) is 0 Å². The van der Waals surface area contributed by atoms with Gasteiger partial charge in [-0.05, 0) is 61.2 Å². The highest BCUT2D eigenvalue weighted by Crippen LogP contribution is 2.32. The summed E-state index contributed by atoms with van der Waals surface area (Å²) in [5, 5.41) is 6.49. The number of hydrogen-bond acceptors (Lipinski definition) is 6. The van der Waals surface area contributed by atoms with Gasteiger partial charge in [0.25, 0.3) is 9.84 Å². The standard InChI is InChI=1S/C25H23F6N3O4S2/c26-24(27,28)16-34-19(3-2-12-32-17-6-8-20(9-7-17)40(37,38)25(29,30)31)15-21-22(4-1-5-23(21)34)33-18-10-13-39(35,36)14-11-18/h1,4-9,15,18,32-33H,10-14,16H2. The van der Waals surface area contributed by atoms with E-state index in [4.69, 9.17) is 0 Å². The fourth-order valence-electron chi connectivity index (χ4n) is 4.28. The van der Waals surface area contributed by atoms with Crippen molar-refractivity contribution >= 4 is 42.0 Å². The van der Waals surface area contributed by atoms with Crippen LogP contribution in [-0.4, -0.2) is 57.2 Å². The molecule has 216 valence electrons. The minimum absolute atomic E-state index is 0.0281. The maximum atomic E-state index is 13.4. The first-order valence-electron chi connectivity index (χ1n) is 11.9. The van der Waals surface area contributed by atoms with Crippen LogP contribution in [0.5, 0.6) is 0 Å². The second-order valence-corrected chi connectivity index (χ2v) is 13.4. The number of benzene rings is 2. The van der Waals surface area contributed by atoms with Crippen LogP contribution in [0.25, 0.3) is 10.9 Å². The molecule has 3 aromatic rings. The number of sulfone groups is 2. The summed E-state index contributed by atoms with van der Waals surface area (Å²) in [7, 11) is -8.57. The Hall–Kier alpha value is -3.38. The summed E-state index contributed by atoms with van der Waals surface area (Å²) < 4.78 is 126. The van der Waals surface area contributed by atoms with E-state index in [1.807, 2.05) is 0 Å². The number of halogens is 6. The van der Waals surface area contributed by atoms with E-state index in [0.29, 0.717) is 23.9 Å². The molecule has 0 atom stereocenters. The average Bonchev–Trinajstić information content (AvgIpc) is 3.19. The Labute approximate surface area is 226 Å². The van der Waals surface area contributed by atoms with Crippen molar-refractivity contribution < 1.29 is 43.2 Å². The Morgan fingerprint density at radius 2 is 1.62 bits per heavy atom. The van der Waals surface area contributed by atoms with Crippen molar-refractivity contribution in [2.75, 3.05) is 28.7 Å². The summed E-state index contributed by atoms with van der Waals surface area (Å²) in [5.41, 5.74) is -4.27. The largest absolute Gasteiger partial charge is 0.501 e. The van der Waals surface area contributed by atoms with Gasteiger partial charge >= 0.3 is 11.7 Å². The van der Waals surface area contributed by atoms with Gasteiger partial charge in [-0.25, -0.2) is 16.8 Å². The van der Waals surface area contributed by atoms with E-state index in [2.05, 4.69) is 22.5 Å². The zero-order chi connectivity index (χ0) is 29.3. The highest BCUT2D eigenvalue weighted by molar-refractivity contribution is 7.92. The lowest BCUT2D eigenvalue weighted by atomic mass is 10.1. The zero-order valence-corrected chi connectivity index (χ0v) is 22.2. The predicted octanol–water partition coefficient (Wildman–Crippen LogP) is 4.95. The zero-order valence-electron chi connectivity index (χ0n) is 20.6. The molecule has 0 spiro atoms. The second kappa shape index (κ2) is 10.9. The maximum absolute atomic E-state index is 13.4. The van der Waals surface area contributed by atoms with Crippen LogP contribution in [0.1, 0.15) is 18.5 Å². The molecule has 2 heterocycles. The van der Waals surface area contributed by atoms with Crippen molar-refractivity contribution in [3.8, 4) is 11.8 Å². The molecule has 2 N–H and O–H groups in total. The number of aromatic nitrogens is 1. The monoisotopic (exact) mass is 607 g/mol. The molecule has 7 nitrogen and oxygen atoms in total. The third-order valence-electron chi connectivity index (χ3n) is 6.26. The summed E-state index contributed by atoms with van der Waals surface area (Å²) in [5.74, 6) is 5.43. The molecular weight excluding hydrogens is 584 g/mol. The van der Waals surface area contributed by atoms with Crippen LogP contribution in [0.15, 0.2) is 53.4 Å². The van der Waals surface area contributed by atoms with Crippen molar-refractivity contribution in [2.24, 2.45) is 0 Å². The van der Waals surface area contributed by atoms with Crippen molar-refractivity contribution in [3.63, 3.8) is 0 Å². The van der Waals surface area contributed by atoms with E-state index in [-0.39, 0.29) is 41.0 Å². The molecule has 40 heavy (non-hydrogen) atoms. The first kappa shape index (κ1) is 29.6. The van der Waals surface area contributed by atoms with Gasteiger partial charge in [-0.15, -0.1) is 0 Å². The van der Waals surface area contributed by atoms with Gasteiger partial charge in [0.15, 0.2) is 0 Å². The normalized spacial score (nSPS) is 16.4. The smallest absolute Gasteiger partial charge is 0.382 e. The van der Waals surface area contributed by atoms with Crippen LogP contribution in [-0.2, 0) is 26.2 Å². The molecule has 15 heteroatoms. The van der Waals surface area contributed by atoms with Crippen molar-refractivity contribution in [1.29, 1.82) is 0 Å². The third kappa shape index (κ3) is 6.84. The number of anilines is 2. The molecule has 4 rings (SSSR count). The van der Waals surface area contributed by atoms with Gasteiger partial charge in [0.2, 0.25) is 0 Å². The number of hydrogen-bond donors (Lipinski definition) is 2. The van der Waals surface area contributed by atoms with E-state index in [1.54, 1.807) is 12.1 Å². The molecule has 0 saturated carbocycles. The molecule has 1 aliphatic rings. The van der Waals surface area contributed by atoms with Crippen LogP contribution in [0, 0.1) is 11.8 Å². The highest BCUT2D eigenvalue weighted by atomic mass is 32.2. The molecular formula is C25H23F6N3O4S2. The highest BCUT2D eigenvalue weighted by Gasteiger charge is 2.46. The summed E-state index contributed by atoms with van der Waals surface area (Å²) in [6.07, 6.45) is -3.78. The van der Waals surface area contributed by atoms with Gasteiger partial charge in [-0.2, -0.15) is 26.3 Å². The van der Waals surface area contributed by atoms with Gasteiger partial charge in [0, 0.05) is 22.8 Å². The molecule has 1 fully saturated rings. The predicted molar refractivity (Wildman–Crippen MR) is 138 cm³/mol. The average molecular weight is 608 g/mol. The summed E-state index contributed by atoms with van der Waals surface area (Å²) in [6.45, 7) is -1.39. The first-order valence-corrected chi connectivity index (χ1v) is 15.2. The molecule has 1 aliphatic heterocycles. The van der Waals surface area contributed by atoms with Crippen LogP contribution >= 0.6 is 0 Å². The summed E-state index contributed by atoms with van der Waals surface area (Å²) >= 11 is 0. The first-order chi connectivity index (χ1) is 18.6. The molecule has 2 aromatic carbocycles. The maximum Gasteiger partial charge on any atom is 0.501 e. The fourth-order valence-corrected chi connectivity index (χ4v) is 6.54. The van der Waals surface area contributed by atoms with E-state index in [1.165, 1.54) is 12.1 Å². The number of rotatable bonds is 6. The minimum atomic E-state index is -5.49. The van der Waals surface area contributed by atoms with Crippen molar-refractivity contribution in [3.05, 3.63) is 54.2 Å².